The Morgan fingerprint density at radius 1 is 1.39 bits per heavy atom. The molecule has 1 aliphatic carbocycles. The first kappa shape index (κ1) is 13.3. The van der Waals surface area contributed by atoms with Gasteiger partial charge in [-0.15, -0.1) is 0 Å². The number of carbonyl (C=O) groups excluding carboxylic acids is 1. The molecule has 1 aliphatic heterocycles. The van der Waals surface area contributed by atoms with E-state index in [1.54, 1.807) is 4.90 Å². The highest BCUT2D eigenvalue weighted by Gasteiger charge is 2.50. The second-order valence-corrected chi connectivity index (χ2v) is 5.48. The van der Waals surface area contributed by atoms with Gasteiger partial charge in [0.05, 0.1) is 5.92 Å². The zero-order valence-corrected chi connectivity index (χ0v) is 10.9. The topological polar surface area (TPSA) is 83.6 Å². The van der Waals surface area contributed by atoms with Crippen LogP contribution in [0.15, 0.2) is 0 Å². The molecule has 1 saturated heterocycles. The Bertz CT molecular complexity index is 358. The lowest BCUT2D eigenvalue weighted by Gasteiger charge is -2.36. The van der Waals surface area contributed by atoms with Crippen molar-refractivity contribution in [2.75, 3.05) is 6.54 Å². The van der Waals surface area contributed by atoms with Gasteiger partial charge in [-0.2, -0.15) is 0 Å². The van der Waals surface area contributed by atoms with E-state index in [2.05, 4.69) is 0 Å². The molecule has 0 radical (unpaired) electrons. The third-order valence-corrected chi connectivity index (χ3v) is 4.62. The standard InChI is InChI=1S/C13H22N2O3/c1-2-13(12(17)18)7-4-8-15(13)11(16)9-5-3-6-10(9)14/h9-10H,2-8,14H2,1H3,(H,17,18). The molecule has 1 saturated carbocycles. The molecule has 102 valence electrons. The van der Waals surface area contributed by atoms with E-state index in [9.17, 15) is 14.7 Å². The molecular formula is C13H22N2O3. The molecule has 1 amide bonds. The molecule has 0 aromatic heterocycles. The highest BCUT2D eigenvalue weighted by atomic mass is 16.4. The van der Waals surface area contributed by atoms with Crippen molar-refractivity contribution in [3.63, 3.8) is 0 Å². The minimum absolute atomic E-state index is 0.0400. The van der Waals surface area contributed by atoms with Gasteiger partial charge in [0, 0.05) is 12.6 Å². The summed E-state index contributed by atoms with van der Waals surface area (Å²) in [5.74, 6) is -1.09. The van der Waals surface area contributed by atoms with Crippen LogP contribution in [0.4, 0.5) is 0 Å². The van der Waals surface area contributed by atoms with Gasteiger partial charge < -0.3 is 15.7 Å². The molecule has 3 unspecified atom stereocenters. The van der Waals surface area contributed by atoms with Gasteiger partial charge in [-0.25, -0.2) is 4.79 Å². The van der Waals surface area contributed by atoms with Crippen LogP contribution >= 0.6 is 0 Å². The summed E-state index contributed by atoms with van der Waals surface area (Å²) in [7, 11) is 0. The molecule has 0 aromatic rings. The second kappa shape index (κ2) is 4.88. The maximum absolute atomic E-state index is 12.5. The zero-order chi connectivity index (χ0) is 13.3. The van der Waals surface area contributed by atoms with Crippen molar-refractivity contribution in [2.24, 2.45) is 11.7 Å². The predicted octanol–water partition coefficient (Wildman–Crippen LogP) is 0.970. The lowest BCUT2D eigenvalue weighted by Crippen LogP contribution is -2.55. The number of nitrogens with zero attached hydrogens (tertiary/aromatic N) is 1. The Hall–Kier alpha value is -1.10. The Kier molecular flexibility index (Phi) is 3.61. The Morgan fingerprint density at radius 2 is 2.11 bits per heavy atom. The average molecular weight is 254 g/mol. The van der Waals surface area contributed by atoms with Crippen molar-refractivity contribution < 1.29 is 14.7 Å². The normalized spacial score (nSPS) is 36.0. The first-order valence-corrected chi connectivity index (χ1v) is 6.83. The number of carboxylic acids is 1. The summed E-state index contributed by atoms with van der Waals surface area (Å²) < 4.78 is 0. The van der Waals surface area contributed by atoms with Gasteiger partial charge in [0.15, 0.2) is 0 Å². The van der Waals surface area contributed by atoms with Crippen LogP contribution in [0.3, 0.4) is 0 Å². The molecule has 2 aliphatic rings. The first-order valence-electron chi connectivity index (χ1n) is 6.83. The van der Waals surface area contributed by atoms with Crippen LogP contribution in [0.1, 0.15) is 45.4 Å². The summed E-state index contributed by atoms with van der Waals surface area (Å²) in [4.78, 5) is 25.6. The maximum atomic E-state index is 12.5. The van der Waals surface area contributed by atoms with Crippen LogP contribution in [0.5, 0.6) is 0 Å². The number of hydrogen-bond acceptors (Lipinski definition) is 3. The predicted molar refractivity (Wildman–Crippen MR) is 66.9 cm³/mol. The monoisotopic (exact) mass is 254 g/mol. The van der Waals surface area contributed by atoms with E-state index < -0.39 is 11.5 Å². The molecule has 2 rings (SSSR count). The van der Waals surface area contributed by atoms with Gasteiger partial charge in [0.25, 0.3) is 0 Å². The Morgan fingerprint density at radius 3 is 2.61 bits per heavy atom. The van der Waals surface area contributed by atoms with E-state index >= 15 is 0 Å². The average Bonchev–Trinajstić information content (AvgIpc) is 2.94. The van der Waals surface area contributed by atoms with Crippen LogP contribution < -0.4 is 5.73 Å². The van der Waals surface area contributed by atoms with Crippen LogP contribution in [-0.4, -0.2) is 40.0 Å². The lowest BCUT2D eigenvalue weighted by molar-refractivity contribution is -0.158. The molecular weight excluding hydrogens is 232 g/mol. The van der Waals surface area contributed by atoms with E-state index in [0.29, 0.717) is 19.4 Å². The number of hydrogen-bond donors (Lipinski definition) is 2. The lowest BCUT2D eigenvalue weighted by atomic mass is 9.91. The first-order chi connectivity index (χ1) is 8.53. The number of amides is 1. The number of carbonyl (C=O) groups is 2. The Balaban J connectivity index is 2.21. The fraction of sp³-hybridized carbons (Fsp3) is 0.846. The summed E-state index contributed by atoms with van der Waals surface area (Å²) in [5.41, 5.74) is 4.97. The molecule has 0 aromatic carbocycles. The van der Waals surface area contributed by atoms with Crippen LogP contribution in [0.25, 0.3) is 0 Å². The largest absolute Gasteiger partial charge is 0.479 e. The van der Waals surface area contributed by atoms with Crippen molar-refractivity contribution in [1.29, 1.82) is 0 Å². The summed E-state index contributed by atoms with van der Waals surface area (Å²) in [6.07, 6.45) is 4.44. The highest BCUT2D eigenvalue weighted by molar-refractivity contribution is 5.89. The summed E-state index contributed by atoms with van der Waals surface area (Å²) in [5, 5.41) is 9.47. The minimum Gasteiger partial charge on any atom is -0.479 e. The zero-order valence-electron chi connectivity index (χ0n) is 10.9. The van der Waals surface area contributed by atoms with E-state index in [-0.39, 0.29) is 17.9 Å². The highest BCUT2D eigenvalue weighted by Crippen LogP contribution is 2.36. The van der Waals surface area contributed by atoms with Gasteiger partial charge in [-0.3, -0.25) is 4.79 Å². The minimum atomic E-state index is -0.987. The van der Waals surface area contributed by atoms with E-state index in [1.807, 2.05) is 6.92 Å². The third kappa shape index (κ3) is 1.90. The van der Waals surface area contributed by atoms with Gasteiger partial charge in [-0.05, 0) is 32.1 Å². The smallest absolute Gasteiger partial charge is 0.329 e. The van der Waals surface area contributed by atoms with Crippen molar-refractivity contribution in [3.8, 4) is 0 Å². The fourth-order valence-electron chi connectivity index (χ4n) is 3.44. The van der Waals surface area contributed by atoms with Crippen LogP contribution in [-0.2, 0) is 9.59 Å². The number of nitrogens with two attached hydrogens (primary N) is 1. The molecule has 0 bridgehead atoms. The van der Waals surface area contributed by atoms with Crippen LogP contribution in [0, 0.1) is 5.92 Å². The number of rotatable bonds is 3. The Labute approximate surface area is 107 Å². The summed E-state index contributed by atoms with van der Waals surface area (Å²) in [6, 6.07) is -0.0959. The molecule has 5 heteroatoms. The number of aliphatic carboxylic acids is 1. The molecule has 3 atom stereocenters. The van der Waals surface area contributed by atoms with Crippen molar-refractivity contribution in [1.82, 2.24) is 4.90 Å². The molecule has 18 heavy (non-hydrogen) atoms. The van der Waals surface area contributed by atoms with E-state index in [0.717, 1.165) is 25.7 Å². The van der Waals surface area contributed by atoms with Crippen LogP contribution in [0.2, 0.25) is 0 Å². The molecule has 5 nitrogen and oxygen atoms in total. The molecule has 1 heterocycles. The molecule has 3 N–H and O–H groups in total. The SMILES string of the molecule is CCC1(C(=O)O)CCCN1C(=O)C1CCCC1N. The summed E-state index contributed by atoms with van der Waals surface area (Å²) in [6.45, 7) is 2.40. The van der Waals surface area contributed by atoms with Gasteiger partial charge in [0.1, 0.15) is 5.54 Å². The molecule has 2 fully saturated rings. The third-order valence-electron chi connectivity index (χ3n) is 4.62. The quantitative estimate of drug-likeness (QED) is 0.786. The number of carboxylic acid groups (broad SMARTS) is 1. The number of likely N-dealkylation sites (tertiary alicyclic amines) is 1. The van der Waals surface area contributed by atoms with Crippen molar-refractivity contribution in [3.05, 3.63) is 0 Å². The maximum Gasteiger partial charge on any atom is 0.329 e. The van der Waals surface area contributed by atoms with Gasteiger partial charge >= 0.3 is 5.97 Å². The fourth-order valence-corrected chi connectivity index (χ4v) is 3.44. The second-order valence-electron chi connectivity index (χ2n) is 5.48. The van der Waals surface area contributed by atoms with Gasteiger partial charge in [-0.1, -0.05) is 13.3 Å². The van der Waals surface area contributed by atoms with Crippen molar-refractivity contribution in [2.45, 2.75) is 57.0 Å². The van der Waals surface area contributed by atoms with Gasteiger partial charge in [0.2, 0.25) is 5.91 Å². The molecule has 0 spiro atoms. The van der Waals surface area contributed by atoms with Crippen molar-refractivity contribution >= 4 is 11.9 Å². The van der Waals surface area contributed by atoms with E-state index in [1.165, 1.54) is 0 Å². The summed E-state index contributed by atoms with van der Waals surface area (Å²) >= 11 is 0. The van der Waals surface area contributed by atoms with E-state index in [4.69, 9.17) is 5.73 Å².